The number of benzene rings is 2. The van der Waals surface area contributed by atoms with Crippen molar-refractivity contribution in [2.45, 2.75) is 24.9 Å². The second-order valence-electron chi connectivity index (χ2n) is 6.60. The van der Waals surface area contributed by atoms with Gasteiger partial charge >= 0.3 is 12.3 Å². The van der Waals surface area contributed by atoms with Crippen molar-refractivity contribution in [2.75, 3.05) is 19.7 Å². The predicted molar refractivity (Wildman–Crippen MR) is 98.1 cm³/mol. The van der Waals surface area contributed by atoms with E-state index in [2.05, 4.69) is 0 Å². The molecule has 1 aliphatic heterocycles. The number of fused-ring (bicyclic) bond motifs is 1. The molecule has 3 N–H and O–H groups in total. The number of ether oxygens (including phenoxy) is 2. The molecule has 0 bridgehead atoms. The fourth-order valence-corrected chi connectivity index (χ4v) is 3.21. The van der Waals surface area contributed by atoms with E-state index in [4.69, 9.17) is 15.2 Å². The third kappa shape index (κ3) is 4.80. The lowest BCUT2D eigenvalue weighted by molar-refractivity contribution is -0.137. The largest absolute Gasteiger partial charge is 0.490 e. The molecule has 0 saturated heterocycles. The number of nitrogens with two attached hydrogens (primary N) is 1. The molecular weight excluding hydrogens is 389 g/mol. The normalized spacial score (nSPS) is 18.5. The number of halogens is 3. The Morgan fingerprint density at radius 2 is 1.97 bits per heavy atom. The molecule has 9 heteroatoms. The van der Waals surface area contributed by atoms with Gasteiger partial charge in [-0.1, -0.05) is 36.4 Å². The number of rotatable bonds is 5. The first-order valence-corrected chi connectivity index (χ1v) is 9.00. The molecule has 0 fully saturated rings. The van der Waals surface area contributed by atoms with Crippen LogP contribution < -0.4 is 10.5 Å². The van der Waals surface area contributed by atoms with E-state index in [1.165, 1.54) is 11.0 Å². The van der Waals surface area contributed by atoms with Crippen molar-refractivity contribution in [1.29, 1.82) is 0 Å². The lowest BCUT2D eigenvalue weighted by atomic mass is 9.95. The van der Waals surface area contributed by atoms with Gasteiger partial charge in [-0.3, -0.25) is 4.90 Å². The number of hydrogen-bond acceptors (Lipinski definition) is 5. The zero-order chi connectivity index (χ0) is 21.0. The van der Waals surface area contributed by atoms with Crippen LogP contribution in [-0.2, 0) is 17.5 Å². The topological polar surface area (TPSA) is 85.0 Å². The number of aliphatic hydroxyl groups excluding tert-OH is 1. The fraction of sp³-hybridized carbons (Fsp3) is 0.350. The summed E-state index contributed by atoms with van der Waals surface area (Å²) in [6, 6.07) is 11.0. The molecule has 1 amide bonds. The maximum absolute atomic E-state index is 13.0. The van der Waals surface area contributed by atoms with Crippen molar-refractivity contribution in [3.63, 3.8) is 0 Å². The van der Waals surface area contributed by atoms with Crippen molar-refractivity contribution < 1.29 is 32.5 Å². The Morgan fingerprint density at radius 3 is 2.62 bits per heavy atom. The van der Waals surface area contributed by atoms with Gasteiger partial charge in [-0.2, -0.15) is 13.2 Å². The summed E-state index contributed by atoms with van der Waals surface area (Å²) in [4.78, 5) is 13.9. The van der Waals surface area contributed by atoms with Crippen LogP contribution in [0.1, 0.15) is 22.7 Å². The molecule has 29 heavy (non-hydrogen) atoms. The van der Waals surface area contributed by atoms with Gasteiger partial charge in [0.1, 0.15) is 25.1 Å². The molecule has 0 saturated carbocycles. The van der Waals surface area contributed by atoms with Gasteiger partial charge in [-0.15, -0.1) is 0 Å². The van der Waals surface area contributed by atoms with Crippen LogP contribution in [0.3, 0.4) is 0 Å². The van der Waals surface area contributed by atoms with Crippen LogP contribution in [0.15, 0.2) is 48.5 Å². The first-order valence-electron chi connectivity index (χ1n) is 9.00. The third-order valence-electron chi connectivity index (χ3n) is 4.58. The SMILES string of the molecule is NCCN(C(=O)OCc1ccccc1)[C@@H]1c2ccc(C(F)(F)F)cc2OC[C@H]1O. The quantitative estimate of drug-likeness (QED) is 0.791. The summed E-state index contributed by atoms with van der Waals surface area (Å²) < 4.78 is 49.6. The standard InChI is InChI=1S/C20H21F3N2O4/c21-20(22,23)14-6-7-15-17(10-14)28-12-16(26)18(15)25(9-8-24)19(27)29-11-13-4-2-1-3-5-13/h1-7,10,16,18,26H,8-9,11-12,24H2/t16-,18-/m1/s1. The predicted octanol–water partition coefficient (Wildman–Crippen LogP) is 3.10. The fourth-order valence-electron chi connectivity index (χ4n) is 3.21. The summed E-state index contributed by atoms with van der Waals surface area (Å²) in [5.74, 6) is -0.0343. The highest BCUT2D eigenvalue weighted by Crippen LogP contribution is 2.40. The van der Waals surface area contributed by atoms with Crippen molar-refractivity contribution in [1.82, 2.24) is 4.90 Å². The number of alkyl halides is 3. The van der Waals surface area contributed by atoms with Gasteiger partial charge < -0.3 is 20.3 Å². The molecule has 2 atom stereocenters. The Morgan fingerprint density at radius 1 is 1.24 bits per heavy atom. The minimum absolute atomic E-state index is 0.0138. The third-order valence-corrected chi connectivity index (χ3v) is 4.58. The maximum atomic E-state index is 13.0. The number of aliphatic hydroxyl groups is 1. The molecule has 0 aromatic heterocycles. The van der Waals surface area contributed by atoms with E-state index in [1.54, 1.807) is 24.3 Å². The molecule has 3 rings (SSSR count). The lowest BCUT2D eigenvalue weighted by Crippen LogP contribution is -2.47. The highest BCUT2D eigenvalue weighted by atomic mass is 19.4. The number of amides is 1. The van der Waals surface area contributed by atoms with Gasteiger partial charge in [0, 0.05) is 18.7 Å². The minimum Gasteiger partial charge on any atom is -0.490 e. The van der Waals surface area contributed by atoms with Crippen molar-refractivity contribution in [2.24, 2.45) is 5.73 Å². The zero-order valence-corrected chi connectivity index (χ0v) is 15.4. The molecule has 0 spiro atoms. The summed E-state index contributed by atoms with van der Waals surface area (Å²) in [5.41, 5.74) is 5.78. The molecule has 0 aliphatic carbocycles. The smallest absolute Gasteiger partial charge is 0.416 e. The summed E-state index contributed by atoms with van der Waals surface area (Å²) in [7, 11) is 0. The molecule has 6 nitrogen and oxygen atoms in total. The number of carbonyl (C=O) groups is 1. The van der Waals surface area contributed by atoms with E-state index in [9.17, 15) is 23.1 Å². The lowest BCUT2D eigenvalue weighted by Gasteiger charge is -2.38. The molecule has 156 valence electrons. The van der Waals surface area contributed by atoms with Crippen molar-refractivity contribution in [3.8, 4) is 5.75 Å². The number of nitrogens with zero attached hydrogens (tertiary/aromatic N) is 1. The van der Waals surface area contributed by atoms with Gasteiger partial charge in [0.2, 0.25) is 0 Å². The highest BCUT2D eigenvalue weighted by Gasteiger charge is 2.39. The number of carbonyl (C=O) groups excluding carboxylic acids is 1. The molecule has 0 radical (unpaired) electrons. The minimum atomic E-state index is -4.53. The molecule has 0 unspecified atom stereocenters. The molecule has 1 aliphatic rings. The van der Waals surface area contributed by atoms with E-state index in [1.807, 2.05) is 6.07 Å². The van der Waals surface area contributed by atoms with Crippen molar-refractivity contribution in [3.05, 3.63) is 65.2 Å². The maximum Gasteiger partial charge on any atom is 0.416 e. The summed E-state index contributed by atoms with van der Waals surface area (Å²) in [6.45, 7) is -0.109. The van der Waals surface area contributed by atoms with Gasteiger partial charge in [0.25, 0.3) is 0 Å². The first kappa shape index (κ1) is 20.9. The first-order chi connectivity index (χ1) is 13.8. The van der Waals surface area contributed by atoms with E-state index >= 15 is 0 Å². The van der Waals surface area contributed by atoms with Gasteiger partial charge in [0.05, 0.1) is 11.6 Å². The molecule has 2 aromatic rings. The van der Waals surface area contributed by atoms with Crippen LogP contribution in [0, 0.1) is 0 Å². The van der Waals surface area contributed by atoms with E-state index in [0.29, 0.717) is 0 Å². The average Bonchev–Trinajstić information content (AvgIpc) is 2.70. The zero-order valence-electron chi connectivity index (χ0n) is 15.4. The van der Waals surface area contributed by atoms with Crippen LogP contribution in [0.2, 0.25) is 0 Å². The second-order valence-corrected chi connectivity index (χ2v) is 6.60. The van der Waals surface area contributed by atoms with Crippen LogP contribution in [0.25, 0.3) is 0 Å². The Hall–Kier alpha value is -2.78. The monoisotopic (exact) mass is 410 g/mol. The van der Waals surface area contributed by atoms with E-state index in [0.717, 1.165) is 17.7 Å². The number of hydrogen-bond donors (Lipinski definition) is 2. The van der Waals surface area contributed by atoms with Gasteiger partial charge in [0.15, 0.2) is 0 Å². The van der Waals surface area contributed by atoms with Crippen LogP contribution in [-0.4, -0.2) is 41.9 Å². The molecule has 1 heterocycles. The van der Waals surface area contributed by atoms with Crippen LogP contribution in [0.4, 0.5) is 18.0 Å². The van der Waals surface area contributed by atoms with Crippen LogP contribution in [0.5, 0.6) is 5.75 Å². The summed E-state index contributed by atoms with van der Waals surface area (Å²) >= 11 is 0. The van der Waals surface area contributed by atoms with E-state index < -0.39 is 30.0 Å². The van der Waals surface area contributed by atoms with E-state index in [-0.39, 0.29) is 37.6 Å². The van der Waals surface area contributed by atoms with Gasteiger partial charge in [-0.25, -0.2) is 4.79 Å². The Kier molecular flexibility index (Phi) is 6.29. The summed E-state index contributed by atoms with van der Waals surface area (Å²) in [5, 5.41) is 10.4. The summed E-state index contributed by atoms with van der Waals surface area (Å²) in [6.07, 6.45) is -6.40. The Labute approximate surface area is 165 Å². The average molecular weight is 410 g/mol. The van der Waals surface area contributed by atoms with Gasteiger partial charge in [-0.05, 0) is 17.7 Å². The molecule has 2 aromatic carbocycles. The van der Waals surface area contributed by atoms with Crippen molar-refractivity contribution >= 4 is 6.09 Å². The molecular formula is C20H21F3N2O4. The van der Waals surface area contributed by atoms with Crippen LogP contribution >= 0.6 is 0 Å². The Bertz CT molecular complexity index is 845. The Balaban J connectivity index is 1.85. The second kappa shape index (κ2) is 8.71. The highest BCUT2D eigenvalue weighted by molar-refractivity contribution is 5.69.